The standard InChI is InChI=1S/C23H26FN3O4S/c1-14-10-18(24)6-8-20(14)25-22(28)13-26(3)32(30,31)19-7-9-21-17(12-19)11-15(2)27(21)23(29)16-4-5-16/h6-10,12,15-16H,4-5,11,13H2,1-3H3,(H,25,28). The predicted octanol–water partition coefficient (Wildman–Crippen LogP) is 3.08. The molecule has 1 heterocycles. The molecule has 1 aliphatic carbocycles. The van der Waals surface area contributed by atoms with E-state index in [1.165, 1.54) is 31.3 Å². The molecule has 0 spiro atoms. The molecule has 7 nitrogen and oxygen atoms in total. The van der Waals surface area contributed by atoms with Crippen molar-refractivity contribution in [1.29, 1.82) is 0 Å². The average Bonchev–Trinajstić information content (AvgIpc) is 3.51. The minimum absolute atomic E-state index is 0.0153. The number of amides is 2. The molecule has 2 aromatic rings. The van der Waals surface area contributed by atoms with E-state index in [1.54, 1.807) is 24.0 Å². The van der Waals surface area contributed by atoms with Gasteiger partial charge in [0.1, 0.15) is 5.82 Å². The fraction of sp³-hybridized carbons (Fsp3) is 0.391. The Morgan fingerprint density at radius 1 is 1.19 bits per heavy atom. The van der Waals surface area contributed by atoms with Gasteiger partial charge in [0.15, 0.2) is 0 Å². The molecule has 9 heteroatoms. The molecular formula is C23H26FN3O4S. The zero-order chi connectivity index (χ0) is 23.2. The zero-order valence-corrected chi connectivity index (χ0v) is 19.1. The van der Waals surface area contributed by atoms with Crippen LogP contribution in [-0.2, 0) is 26.0 Å². The summed E-state index contributed by atoms with van der Waals surface area (Å²) in [6.45, 7) is 3.23. The molecule has 2 amide bonds. The van der Waals surface area contributed by atoms with E-state index in [0.29, 0.717) is 17.7 Å². The number of likely N-dealkylation sites (N-methyl/N-ethyl adjacent to an activating group) is 1. The van der Waals surface area contributed by atoms with Gasteiger partial charge < -0.3 is 10.2 Å². The number of hydrogen-bond donors (Lipinski definition) is 1. The van der Waals surface area contributed by atoms with E-state index in [-0.39, 0.29) is 29.3 Å². The van der Waals surface area contributed by atoms with Crippen LogP contribution < -0.4 is 10.2 Å². The van der Waals surface area contributed by atoms with Crippen LogP contribution in [0.5, 0.6) is 0 Å². The van der Waals surface area contributed by atoms with Crippen molar-refractivity contribution in [3.8, 4) is 0 Å². The number of fused-ring (bicyclic) bond motifs is 1. The minimum atomic E-state index is -3.91. The number of benzene rings is 2. The Kier molecular flexibility index (Phi) is 5.81. The van der Waals surface area contributed by atoms with Crippen LogP contribution in [0.4, 0.5) is 15.8 Å². The van der Waals surface area contributed by atoms with E-state index in [1.807, 2.05) is 6.92 Å². The fourth-order valence-corrected chi connectivity index (χ4v) is 5.23. The number of carbonyl (C=O) groups excluding carboxylic acids is 2. The van der Waals surface area contributed by atoms with Crippen molar-refractivity contribution in [1.82, 2.24) is 4.31 Å². The molecule has 1 saturated carbocycles. The van der Waals surface area contributed by atoms with Crippen LogP contribution in [0.1, 0.15) is 30.9 Å². The molecule has 2 aromatic carbocycles. The van der Waals surface area contributed by atoms with Gasteiger partial charge in [-0.1, -0.05) is 0 Å². The van der Waals surface area contributed by atoms with Gasteiger partial charge in [-0.3, -0.25) is 9.59 Å². The van der Waals surface area contributed by atoms with Crippen LogP contribution >= 0.6 is 0 Å². The van der Waals surface area contributed by atoms with Crippen molar-refractivity contribution in [2.45, 2.75) is 44.0 Å². The Labute approximate surface area is 187 Å². The molecule has 0 aromatic heterocycles. The number of nitrogens with one attached hydrogen (secondary N) is 1. The number of sulfonamides is 1. The molecule has 1 fully saturated rings. The van der Waals surface area contributed by atoms with E-state index < -0.39 is 21.7 Å². The van der Waals surface area contributed by atoms with Crippen molar-refractivity contribution in [3.63, 3.8) is 0 Å². The first-order chi connectivity index (χ1) is 15.1. The summed E-state index contributed by atoms with van der Waals surface area (Å²) in [7, 11) is -2.58. The van der Waals surface area contributed by atoms with Gasteiger partial charge in [-0.25, -0.2) is 12.8 Å². The molecule has 1 aliphatic heterocycles. The summed E-state index contributed by atoms with van der Waals surface area (Å²) in [5.74, 6) is -0.747. The SMILES string of the molecule is Cc1cc(F)ccc1NC(=O)CN(C)S(=O)(=O)c1ccc2c(c1)CC(C)N2C(=O)C1CC1. The summed E-state index contributed by atoms with van der Waals surface area (Å²) >= 11 is 0. The van der Waals surface area contributed by atoms with E-state index in [0.717, 1.165) is 28.4 Å². The molecule has 1 atom stereocenters. The summed E-state index contributed by atoms with van der Waals surface area (Å²) in [4.78, 5) is 26.9. The Morgan fingerprint density at radius 2 is 1.91 bits per heavy atom. The van der Waals surface area contributed by atoms with Gasteiger partial charge in [0.25, 0.3) is 0 Å². The zero-order valence-electron chi connectivity index (χ0n) is 18.3. The molecule has 4 rings (SSSR count). The molecule has 32 heavy (non-hydrogen) atoms. The smallest absolute Gasteiger partial charge is 0.243 e. The lowest BCUT2D eigenvalue weighted by Crippen LogP contribution is -2.36. The normalized spacial score (nSPS) is 18.0. The molecule has 1 N–H and O–H groups in total. The fourth-order valence-electron chi connectivity index (χ4n) is 4.05. The van der Waals surface area contributed by atoms with E-state index in [2.05, 4.69) is 5.32 Å². The van der Waals surface area contributed by atoms with Gasteiger partial charge in [-0.05, 0) is 80.6 Å². The topological polar surface area (TPSA) is 86.8 Å². The number of nitrogens with zero attached hydrogens (tertiary/aromatic N) is 2. The first kappa shape index (κ1) is 22.4. The van der Waals surface area contributed by atoms with Crippen LogP contribution in [-0.4, -0.2) is 44.2 Å². The molecule has 1 unspecified atom stereocenters. The Hall–Kier alpha value is -2.78. The van der Waals surface area contributed by atoms with Crippen molar-refractivity contribution in [2.24, 2.45) is 5.92 Å². The maximum atomic E-state index is 13.2. The van der Waals surface area contributed by atoms with Gasteiger partial charge in [0.2, 0.25) is 21.8 Å². The largest absolute Gasteiger partial charge is 0.325 e. The predicted molar refractivity (Wildman–Crippen MR) is 119 cm³/mol. The van der Waals surface area contributed by atoms with Crippen molar-refractivity contribution >= 4 is 33.2 Å². The molecule has 170 valence electrons. The number of rotatable bonds is 6. The lowest BCUT2D eigenvalue weighted by atomic mass is 10.1. The molecule has 0 radical (unpaired) electrons. The maximum absolute atomic E-state index is 13.2. The second kappa shape index (κ2) is 8.29. The van der Waals surface area contributed by atoms with Gasteiger partial charge >= 0.3 is 0 Å². The highest BCUT2D eigenvalue weighted by molar-refractivity contribution is 7.89. The third kappa shape index (κ3) is 4.27. The number of anilines is 2. The Morgan fingerprint density at radius 3 is 2.56 bits per heavy atom. The Bertz CT molecular complexity index is 1190. The number of aryl methyl sites for hydroxylation is 1. The summed E-state index contributed by atoms with van der Waals surface area (Å²) in [6, 6.07) is 8.70. The van der Waals surface area contributed by atoms with Crippen molar-refractivity contribution in [2.75, 3.05) is 23.8 Å². The van der Waals surface area contributed by atoms with E-state index in [4.69, 9.17) is 0 Å². The molecule has 2 aliphatic rings. The number of hydrogen-bond acceptors (Lipinski definition) is 4. The van der Waals surface area contributed by atoms with Crippen molar-refractivity contribution in [3.05, 3.63) is 53.3 Å². The van der Waals surface area contributed by atoms with Gasteiger partial charge in [0.05, 0.1) is 11.4 Å². The lowest BCUT2D eigenvalue weighted by molar-refractivity contribution is -0.120. The van der Waals surface area contributed by atoms with Crippen LogP contribution in [0, 0.1) is 18.7 Å². The molecule has 0 saturated heterocycles. The first-order valence-electron chi connectivity index (χ1n) is 10.6. The first-order valence-corrected chi connectivity index (χ1v) is 12.0. The number of carbonyl (C=O) groups is 2. The van der Waals surface area contributed by atoms with E-state index in [9.17, 15) is 22.4 Å². The highest BCUT2D eigenvalue weighted by Gasteiger charge is 2.40. The van der Waals surface area contributed by atoms with Crippen LogP contribution in [0.15, 0.2) is 41.3 Å². The van der Waals surface area contributed by atoms with Gasteiger partial charge in [-0.2, -0.15) is 4.31 Å². The second-order valence-electron chi connectivity index (χ2n) is 8.59. The number of halogens is 1. The lowest BCUT2D eigenvalue weighted by Gasteiger charge is -2.23. The summed E-state index contributed by atoms with van der Waals surface area (Å²) in [5.41, 5.74) is 2.55. The second-order valence-corrected chi connectivity index (χ2v) is 10.6. The van der Waals surface area contributed by atoms with Gasteiger partial charge in [0, 0.05) is 30.4 Å². The minimum Gasteiger partial charge on any atom is -0.325 e. The van der Waals surface area contributed by atoms with Crippen LogP contribution in [0.3, 0.4) is 0 Å². The third-order valence-corrected chi connectivity index (χ3v) is 7.77. The van der Waals surface area contributed by atoms with E-state index >= 15 is 0 Å². The highest BCUT2D eigenvalue weighted by Crippen LogP contribution is 2.39. The average molecular weight is 460 g/mol. The molecular weight excluding hydrogens is 433 g/mol. The summed E-state index contributed by atoms with van der Waals surface area (Å²) < 4.78 is 40.4. The molecule has 0 bridgehead atoms. The summed E-state index contributed by atoms with van der Waals surface area (Å²) in [5, 5.41) is 2.62. The van der Waals surface area contributed by atoms with Crippen LogP contribution in [0.25, 0.3) is 0 Å². The van der Waals surface area contributed by atoms with Crippen LogP contribution in [0.2, 0.25) is 0 Å². The van der Waals surface area contributed by atoms with Crippen molar-refractivity contribution < 1.29 is 22.4 Å². The van der Waals surface area contributed by atoms with Gasteiger partial charge in [-0.15, -0.1) is 0 Å². The summed E-state index contributed by atoms with van der Waals surface area (Å²) in [6.07, 6.45) is 2.41. The highest BCUT2D eigenvalue weighted by atomic mass is 32.2. The monoisotopic (exact) mass is 459 g/mol. The maximum Gasteiger partial charge on any atom is 0.243 e. The third-order valence-electron chi connectivity index (χ3n) is 5.97. The quantitative estimate of drug-likeness (QED) is 0.719. The Balaban J connectivity index is 1.49.